The van der Waals surface area contributed by atoms with E-state index in [-0.39, 0.29) is 11.5 Å². The van der Waals surface area contributed by atoms with Crippen LogP contribution in [0, 0.1) is 0 Å². The summed E-state index contributed by atoms with van der Waals surface area (Å²) in [6.07, 6.45) is -4.56. The summed E-state index contributed by atoms with van der Waals surface area (Å²) in [5.41, 5.74) is -1.83. The van der Waals surface area contributed by atoms with Crippen LogP contribution in [0.25, 0.3) is 0 Å². The van der Waals surface area contributed by atoms with E-state index in [0.717, 1.165) is 17.3 Å². The second-order valence-corrected chi connectivity index (χ2v) is 6.48. The van der Waals surface area contributed by atoms with Gasteiger partial charge in [-0.1, -0.05) is 72.4 Å². The van der Waals surface area contributed by atoms with Gasteiger partial charge in [0.2, 0.25) is 0 Å². The zero-order valence-electron chi connectivity index (χ0n) is 12.0. The van der Waals surface area contributed by atoms with E-state index in [1.54, 1.807) is 30.3 Å². The van der Waals surface area contributed by atoms with E-state index in [2.05, 4.69) is 4.99 Å². The first kappa shape index (κ1) is 16.1. The van der Waals surface area contributed by atoms with Gasteiger partial charge in [0.15, 0.2) is 0 Å². The topological polar surface area (TPSA) is 32.6 Å². The number of hydrogen-bond acceptors (Lipinski definition) is 3. The van der Waals surface area contributed by atoms with Crippen molar-refractivity contribution in [2.75, 3.05) is 0 Å². The van der Waals surface area contributed by atoms with Crippen molar-refractivity contribution >= 4 is 16.8 Å². The van der Waals surface area contributed by atoms with Crippen molar-refractivity contribution in [3.8, 4) is 0 Å². The minimum atomic E-state index is -4.83. The average Bonchev–Trinajstić information content (AvgIpc) is 2.87. The number of thioether (sulfide) groups is 1. The van der Waals surface area contributed by atoms with Crippen molar-refractivity contribution in [2.45, 2.75) is 23.6 Å². The van der Waals surface area contributed by atoms with Gasteiger partial charge in [-0.3, -0.25) is 0 Å². The molecule has 120 valence electrons. The molecule has 6 heteroatoms. The number of hydrogen-bond donors (Lipinski definition) is 1. The third kappa shape index (κ3) is 3.14. The van der Waals surface area contributed by atoms with Crippen LogP contribution in [0.4, 0.5) is 13.2 Å². The van der Waals surface area contributed by atoms with Crippen LogP contribution in [0.3, 0.4) is 0 Å². The van der Waals surface area contributed by atoms with E-state index < -0.39 is 17.2 Å². The number of alkyl halides is 3. The van der Waals surface area contributed by atoms with Crippen LogP contribution in [0.5, 0.6) is 0 Å². The number of nitrogens with zero attached hydrogens (tertiary/aromatic N) is 1. The number of aliphatic hydroxyl groups is 1. The third-order valence-electron chi connectivity index (χ3n) is 3.63. The van der Waals surface area contributed by atoms with Crippen molar-refractivity contribution < 1.29 is 18.3 Å². The van der Waals surface area contributed by atoms with E-state index in [4.69, 9.17) is 0 Å². The molecule has 0 bridgehead atoms. The highest BCUT2D eigenvalue weighted by molar-refractivity contribution is 8.14. The van der Waals surface area contributed by atoms with Crippen LogP contribution in [0.15, 0.2) is 65.7 Å². The number of halogens is 3. The Morgan fingerprint density at radius 1 is 1.00 bits per heavy atom. The second-order valence-electron chi connectivity index (χ2n) is 5.30. The predicted molar refractivity (Wildman–Crippen MR) is 85.4 cm³/mol. The summed E-state index contributed by atoms with van der Waals surface area (Å²) in [6.45, 7) is 0. The van der Waals surface area contributed by atoms with E-state index in [0.29, 0.717) is 5.56 Å². The van der Waals surface area contributed by atoms with Crippen LogP contribution < -0.4 is 0 Å². The molecule has 3 rings (SSSR count). The molecule has 0 spiro atoms. The minimum absolute atomic E-state index is 0.271. The number of benzene rings is 2. The summed E-state index contributed by atoms with van der Waals surface area (Å²) >= 11 is 0.972. The zero-order chi connectivity index (χ0) is 16.5. The molecule has 23 heavy (non-hydrogen) atoms. The normalized spacial score (nSPS) is 24.5. The molecule has 1 heterocycles. The summed E-state index contributed by atoms with van der Waals surface area (Å²) < 4.78 is 40.3. The largest absolute Gasteiger partial charge is 0.439 e. The molecule has 2 nitrogen and oxygen atoms in total. The lowest BCUT2D eigenvalue weighted by Gasteiger charge is -2.29. The Morgan fingerprint density at radius 2 is 1.57 bits per heavy atom. The van der Waals surface area contributed by atoms with Crippen LogP contribution >= 0.6 is 11.8 Å². The van der Waals surface area contributed by atoms with Gasteiger partial charge in [-0.15, -0.1) is 0 Å². The Hall–Kier alpha value is -1.79. The van der Waals surface area contributed by atoms with Gasteiger partial charge >= 0.3 is 6.18 Å². The molecule has 1 N–H and O–H groups in total. The summed E-state index contributed by atoms with van der Waals surface area (Å²) in [6, 6.07) is 17.3. The molecule has 2 unspecified atom stereocenters. The fourth-order valence-corrected chi connectivity index (χ4v) is 3.84. The maximum Gasteiger partial charge on any atom is 0.439 e. The minimum Gasteiger partial charge on any atom is -0.361 e. The molecule has 0 saturated carbocycles. The summed E-state index contributed by atoms with van der Waals surface area (Å²) in [5.74, 6) is 0. The van der Waals surface area contributed by atoms with E-state index in [1.165, 1.54) is 0 Å². The fraction of sp³-hybridized carbons (Fsp3) is 0.235. The molecule has 1 aliphatic rings. The molecule has 0 aliphatic carbocycles. The molecule has 0 saturated heterocycles. The molecular formula is C17H14F3NOS. The molecule has 1 aliphatic heterocycles. The Balaban J connectivity index is 1.94. The van der Waals surface area contributed by atoms with Crippen LogP contribution in [-0.4, -0.2) is 22.1 Å². The first-order chi connectivity index (χ1) is 10.9. The van der Waals surface area contributed by atoms with Crippen LogP contribution in [-0.2, 0) is 6.42 Å². The fourth-order valence-electron chi connectivity index (χ4n) is 2.49. The molecule has 2 aromatic carbocycles. The first-order valence-electron chi connectivity index (χ1n) is 7.03. The standard InChI is InChI=1S/C17H14F3NOS/c18-17(19,20)16(22)15(13-9-5-2-6-10-13)23-14(21-16)11-12-7-3-1-4-8-12/h1-10,15,22H,11H2. The van der Waals surface area contributed by atoms with Crippen molar-refractivity contribution in [2.24, 2.45) is 4.99 Å². The third-order valence-corrected chi connectivity index (χ3v) is 4.98. The zero-order valence-corrected chi connectivity index (χ0v) is 12.8. The van der Waals surface area contributed by atoms with Gasteiger partial charge in [-0.25, -0.2) is 4.99 Å². The summed E-state index contributed by atoms with van der Waals surface area (Å²) in [5, 5.41) is 9.35. The van der Waals surface area contributed by atoms with E-state index in [1.807, 2.05) is 30.3 Å². The van der Waals surface area contributed by atoms with Gasteiger partial charge in [0, 0.05) is 6.42 Å². The smallest absolute Gasteiger partial charge is 0.361 e. The van der Waals surface area contributed by atoms with Gasteiger partial charge in [-0.2, -0.15) is 13.2 Å². The van der Waals surface area contributed by atoms with Crippen molar-refractivity contribution in [1.29, 1.82) is 0 Å². The molecule has 0 fully saturated rings. The second kappa shape index (κ2) is 6.02. The van der Waals surface area contributed by atoms with Gasteiger partial charge in [-0.05, 0) is 11.1 Å². The van der Waals surface area contributed by atoms with E-state index in [9.17, 15) is 18.3 Å². The lowest BCUT2D eigenvalue weighted by molar-refractivity contribution is -0.256. The maximum atomic E-state index is 13.4. The lowest BCUT2D eigenvalue weighted by atomic mass is 10.0. The van der Waals surface area contributed by atoms with Gasteiger partial charge < -0.3 is 5.11 Å². The first-order valence-corrected chi connectivity index (χ1v) is 7.91. The summed E-state index contributed by atoms with van der Waals surface area (Å²) in [4.78, 5) is 3.65. The average molecular weight is 337 g/mol. The molecule has 2 aromatic rings. The molecule has 0 radical (unpaired) electrons. The maximum absolute atomic E-state index is 13.4. The highest BCUT2D eigenvalue weighted by Crippen LogP contribution is 2.53. The Morgan fingerprint density at radius 3 is 2.13 bits per heavy atom. The lowest BCUT2D eigenvalue weighted by Crippen LogP contribution is -2.45. The SMILES string of the molecule is OC1(C(F)(F)F)N=C(Cc2ccccc2)SC1c1ccccc1. The molecule has 0 amide bonds. The molecule has 2 atom stereocenters. The predicted octanol–water partition coefficient (Wildman–Crippen LogP) is 4.37. The molecule has 0 aromatic heterocycles. The monoisotopic (exact) mass is 337 g/mol. The van der Waals surface area contributed by atoms with Crippen molar-refractivity contribution in [3.63, 3.8) is 0 Å². The highest BCUT2D eigenvalue weighted by atomic mass is 32.2. The quantitative estimate of drug-likeness (QED) is 0.902. The highest BCUT2D eigenvalue weighted by Gasteiger charge is 2.62. The summed E-state index contributed by atoms with van der Waals surface area (Å²) in [7, 11) is 0. The Labute approximate surface area is 136 Å². The number of aliphatic imine (C=N–C) groups is 1. The van der Waals surface area contributed by atoms with Crippen LogP contribution in [0.2, 0.25) is 0 Å². The number of rotatable bonds is 3. The Kier molecular flexibility index (Phi) is 4.21. The van der Waals surface area contributed by atoms with Gasteiger partial charge in [0.05, 0.1) is 10.3 Å². The van der Waals surface area contributed by atoms with Gasteiger partial charge in [0.1, 0.15) is 0 Å². The van der Waals surface area contributed by atoms with Crippen LogP contribution in [0.1, 0.15) is 16.4 Å². The van der Waals surface area contributed by atoms with Crippen molar-refractivity contribution in [3.05, 3.63) is 71.8 Å². The molecular weight excluding hydrogens is 323 g/mol. The Bertz CT molecular complexity index is 703. The van der Waals surface area contributed by atoms with E-state index >= 15 is 0 Å². The van der Waals surface area contributed by atoms with Crippen molar-refractivity contribution in [1.82, 2.24) is 0 Å². The van der Waals surface area contributed by atoms with Gasteiger partial charge in [0.25, 0.3) is 5.72 Å².